The monoisotopic (exact) mass is 277 g/mol. The molecule has 2 N–H and O–H groups in total. The third-order valence-electron chi connectivity index (χ3n) is 2.83. The molecule has 7 nitrogen and oxygen atoms in total. The van der Waals surface area contributed by atoms with Crippen LogP contribution in [0, 0.1) is 13.8 Å². The second kappa shape index (κ2) is 6.33. The summed E-state index contributed by atoms with van der Waals surface area (Å²) in [5, 5.41) is 13.7. The van der Waals surface area contributed by atoms with Crippen LogP contribution in [0.25, 0.3) is 0 Å². The maximum atomic E-state index is 11.9. The van der Waals surface area contributed by atoms with Crippen molar-refractivity contribution in [2.75, 3.05) is 11.9 Å². The van der Waals surface area contributed by atoms with Crippen molar-refractivity contribution in [3.8, 4) is 0 Å². The summed E-state index contributed by atoms with van der Waals surface area (Å²) >= 11 is 0. The van der Waals surface area contributed by atoms with E-state index < -0.39 is 0 Å². The number of carbonyl (C=O) groups is 1. The Morgan fingerprint density at radius 2 is 2.30 bits per heavy atom. The van der Waals surface area contributed by atoms with Crippen molar-refractivity contribution >= 4 is 11.7 Å². The molecule has 2 aromatic rings. The standard InChI is InChI=1S/C13H19N5O2/c1-9-7-15-18(8-9)5-4-14-11(3)13(19)16-12-6-10(2)20-17-12/h6-8,11,14H,4-5H2,1-3H3,(H,16,17,19). The van der Waals surface area contributed by atoms with Gasteiger partial charge in [0.25, 0.3) is 0 Å². The molecule has 7 heteroatoms. The number of aromatic nitrogens is 3. The van der Waals surface area contributed by atoms with E-state index in [4.69, 9.17) is 4.52 Å². The first-order chi connectivity index (χ1) is 9.54. The number of nitrogens with zero attached hydrogens (tertiary/aromatic N) is 3. The Labute approximate surface area is 117 Å². The molecule has 0 saturated heterocycles. The van der Waals surface area contributed by atoms with E-state index in [2.05, 4.69) is 20.9 Å². The normalized spacial score (nSPS) is 12.3. The van der Waals surface area contributed by atoms with Gasteiger partial charge in [0, 0.05) is 18.8 Å². The van der Waals surface area contributed by atoms with Crippen LogP contribution in [-0.2, 0) is 11.3 Å². The van der Waals surface area contributed by atoms with Gasteiger partial charge in [-0.15, -0.1) is 0 Å². The summed E-state index contributed by atoms with van der Waals surface area (Å²) in [6.45, 7) is 6.95. The number of amides is 1. The molecule has 1 atom stereocenters. The van der Waals surface area contributed by atoms with Crippen LogP contribution in [0.4, 0.5) is 5.82 Å². The van der Waals surface area contributed by atoms with Gasteiger partial charge >= 0.3 is 0 Å². The first-order valence-corrected chi connectivity index (χ1v) is 6.51. The average molecular weight is 277 g/mol. The summed E-state index contributed by atoms with van der Waals surface area (Å²) in [6, 6.07) is 1.36. The zero-order valence-corrected chi connectivity index (χ0v) is 11.9. The average Bonchev–Trinajstić information content (AvgIpc) is 2.98. The Morgan fingerprint density at radius 1 is 1.50 bits per heavy atom. The number of hydrogen-bond donors (Lipinski definition) is 2. The lowest BCUT2D eigenvalue weighted by molar-refractivity contribution is -0.117. The fourth-order valence-electron chi connectivity index (χ4n) is 1.74. The highest BCUT2D eigenvalue weighted by Gasteiger charge is 2.13. The molecule has 20 heavy (non-hydrogen) atoms. The van der Waals surface area contributed by atoms with Gasteiger partial charge in [0.1, 0.15) is 5.76 Å². The zero-order chi connectivity index (χ0) is 14.5. The Hall–Kier alpha value is -2.15. The van der Waals surface area contributed by atoms with Gasteiger partial charge < -0.3 is 15.2 Å². The number of aryl methyl sites for hydroxylation is 2. The van der Waals surface area contributed by atoms with Gasteiger partial charge in [0.2, 0.25) is 5.91 Å². The lowest BCUT2D eigenvalue weighted by Crippen LogP contribution is -2.39. The quantitative estimate of drug-likeness (QED) is 0.826. The summed E-state index contributed by atoms with van der Waals surface area (Å²) in [4.78, 5) is 11.9. The fourth-order valence-corrected chi connectivity index (χ4v) is 1.74. The topological polar surface area (TPSA) is 85.0 Å². The van der Waals surface area contributed by atoms with Crippen molar-refractivity contribution in [3.63, 3.8) is 0 Å². The van der Waals surface area contributed by atoms with Crippen molar-refractivity contribution in [1.29, 1.82) is 0 Å². The molecule has 0 aliphatic rings. The largest absolute Gasteiger partial charge is 0.360 e. The molecule has 2 rings (SSSR count). The van der Waals surface area contributed by atoms with Gasteiger partial charge in [-0.1, -0.05) is 5.16 Å². The number of rotatable bonds is 6. The van der Waals surface area contributed by atoms with E-state index in [1.165, 1.54) is 0 Å². The van der Waals surface area contributed by atoms with Crippen molar-refractivity contribution < 1.29 is 9.32 Å². The predicted octanol–water partition coefficient (Wildman–Crippen LogP) is 1.10. The molecule has 0 spiro atoms. The summed E-state index contributed by atoms with van der Waals surface area (Å²) in [7, 11) is 0. The SMILES string of the molecule is Cc1cnn(CCNC(C)C(=O)Nc2cc(C)on2)c1. The molecule has 1 amide bonds. The van der Waals surface area contributed by atoms with E-state index in [1.54, 1.807) is 19.9 Å². The van der Waals surface area contributed by atoms with Crippen molar-refractivity contribution in [2.24, 2.45) is 0 Å². The first kappa shape index (κ1) is 14.3. The van der Waals surface area contributed by atoms with Crippen molar-refractivity contribution in [2.45, 2.75) is 33.4 Å². The van der Waals surface area contributed by atoms with E-state index in [9.17, 15) is 4.79 Å². The van der Waals surface area contributed by atoms with Crippen molar-refractivity contribution in [1.82, 2.24) is 20.3 Å². The molecule has 0 aliphatic heterocycles. The Bertz CT molecular complexity index is 575. The lowest BCUT2D eigenvalue weighted by Gasteiger charge is -2.12. The molecule has 2 aromatic heterocycles. The minimum absolute atomic E-state index is 0.144. The molecule has 1 unspecified atom stereocenters. The summed E-state index contributed by atoms with van der Waals surface area (Å²) in [5.74, 6) is 0.953. The number of nitrogens with one attached hydrogen (secondary N) is 2. The second-order valence-corrected chi connectivity index (χ2v) is 4.77. The first-order valence-electron chi connectivity index (χ1n) is 6.51. The van der Waals surface area contributed by atoms with Gasteiger partial charge in [-0.25, -0.2) is 0 Å². The highest BCUT2D eigenvalue weighted by atomic mass is 16.5. The van der Waals surface area contributed by atoms with Crippen LogP contribution in [0.3, 0.4) is 0 Å². The number of hydrogen-bond acceptors (Lipinski definition) is 5. The molecule has 0 saturated carbocycles. The highest BCUT2D eigenvalue weighted by molar-refractivity contribution is 5.93. The maximum absolute atomic E-state index is 11.9. The maximum Gasteiger partial charge on any atom is 0.242 e. The molecule has 2 heterocycles. The highest BCUT2D eigenvalue weighted by Crippen LogP contribution is 2.07. The van der Waals surface area contributed by atoms with Gasteiger partial charge in [-0.05, 0) is 26.3 Å². The van der Waals surface area contributed by atoms with E-state index in [1.807, 2.05) is 24.0 Å². The Morgan fingerprint density at radius 3 is 2.90 bits per heavy atom. The summed E-state index contributed by atoms with van der Waals surface area (Å²) < 4.78 is 6.73. The molecule has 0 aliphatic carbocycles. The number of carbonyl (C=O) groups excluding carboxylic acids is 1. The minimum atomic E-state index is -0.316. The summed E-state index contributed by atoms with van der Waals surface area (Å²) in [6.07, 6.45) is 3.77. The van der Waals surface area contributed by atoms with Gasteiger partial charge in [0.05, 0.1) is 18.8 Å². The molecular weight excluding hydrogens is 258 g/mol. The van der Waals surface area contributed by atoms with Crippen LogP contribution in [0.5, 0.6) is 0 Å². The van der Waals surface area contributed by atoms with E-state index in [-0.39, 0.29) is 11.9 Å². The third kappa shape index (κ3) is 3.92. The van der Waals surface area contributed by atoms with Gasteiger partial charge in [-0.3, -0.25) is 9.48 Å². The van der Waals surface area contributed by atoms with Crippen LogP contribution in [0.2, 0.25) is 0 Å². The van der Waals surface area contributed by atoms with Gasteiger partial charge in [0.15, 0.2) is 5.82 Å². The Balaban J connectivity index is 1.73. The molecule has 0 radical (unpaired) electrons. The molecule has 108 valence electrons. The fraction of sp³-hybridized carbons (Fsp3) is 0.462. The van der Waals surface area contributed by atoms with Crippen LogP contribution in [-0.4, -0.2) is 33.4 Å². The lowest BCUT2D eigenvalue weighted by atomic mass is 10.3. The zero-order valence-electron chi connectivity index (χ0n) is 11.9. The van der Waals surface area contributed by atoms with Crippen LogP contribution >= 0.6 is 0 Å². The third-order valence-corrected chi connectivity index (χ3v) is 2.83. The minimum Gasteiger partial charge on any atom is -0.360 e. The summed E-state index contributed by atoms with van der Waals surface area (Å²) in [5.41, 5.74) is 1.12. The molecule has 0 aromatic carbocycles. The van der Waals surface area contributed by atoms with E-state index in [0.29, 0.717) is 24.7 Å². The van der Waals surface area contributed by atoms with Gasteiger partial charge in [-0.2, -0.15) is 5.10 Å². The smallest absolute Gasteiger partial charge is 0.242 e. The molecule has 0 bridgehead atoms. The van der Waals surface area contributed by atoms with Crippen molar-refractivity contribution in [3.05, 3.63) is 29.8 Å². The van der Waals surface area contributed by atoms with E-state index in [0.717, 1.165) is 5.56 Å². The van der Waals surface area contributed by atoms with Crippen LogP contribution in [0.1, 0.15) is 18.2 Å². The predicted molar refractivity (Wildman–Crippen MR) is 74.3 cm³/mol. The van der Waals surface area contributed by atoms with Crippen LogP contribution < -0.4 is 10.6 Å². The number of anilines is 1. The molecular formula is C13H19N5O2. The van der Waals surface area contributed by atoms with E-state index >= 15 is 0 Å². The second-order valence-electron chi connectivity index (χ2n) is 4.77. The Kier molecular flexibility index (Phi) is 4.52. The molecule has 0 fully saturated rings. The van der Waals surface area contributed by atoms with Crippen LogP contribution in [0.15, 0.2) is 23.0 Å².